The molecule has 0 saturated carbocycles. The average molecular weight is 235 g/mol. The highest BCUT2D eigenvalue weighted by atomic mass is 19.4. The van der Waals surface area contributed by atoms with Crippen LogP contribution in [-0.4, -0.2) is 27.0 Å². The van der Waals surface area contributed by atoms with Crippen LogP contribution in [0.2, 0.25) is 0 Å². The van der Waals surface area contributed by atoms with Gasteiger partial charge in [0.15, 0.2) is 5.78 Å². The van der Waals surface area contributed by atoms with Gasteiger partial charge < -0.3 is 0 Å². The first-order chi connectivity index (χ1) is 7.44. The lowest BCUT2D eigenvalue weighted by Gasteiger charge is -2.06. The van der Waals surface area contributed by atoms with Gasteiger partial charge in [-0.3, -0.25) is 4.79 Å². The Kier molecular flexibility index (Phi) is 4.03. The standard InChI is InChI=1S/C9H12F3N3O/c1-2-5-15-7(6-13-14-15)8(16)3-4-9(10,11)12/h6H,2-5H2,1H3. The molecule has 0 aliphatic rings. The average Bonchev–Trinajstić information content (AvgIpc) is 2.62. The van der Waals surface area contributed by atoms with E-state index in [2.05, 4.69) is 10.3 Å². The van der Waals surface area contributed by atoms with Gasteiger partial charge in [0.1, 0.15) is 5.69 Å². The molecule has 0 radical (unpaired) electrons. The fraction of sp³-hybridized carbons (Fsp3) is 0.667. The normalized spacial score (nSPS) is 11.8. The summed E-state index contributed by atoms with van der Waals surface area (Å²) in [6.45, 7) is 2.36. The molecule has 0 aliphatic heterocycles. The van der Waals surface area contributed by atoms with E-state index in [4.69, 9.17) is 0 Å². The first-order valence-corrected chi connectivity index (χ1v) is 4.92. The molecule has 0 unspecified atom stereocenters. The van der Waals surface area contributed by atoms with Crippen LogP contribution in [0.15, 0.2) is 6.20 Å². The Morgan fingerprint density at radius 1 is 1.50 bits per heavy atom. The van der Waals surface area contributed by atoms with Crippen LogP contribution in [-0.2, 0) is 6.54 Å². The zero-order valence-electron chi connectivity index (χ0n) is 8.79. The van der Waals surface area contributed by atoms with Crippen LogP contribution in [0, 0.1) is 0 Å². The zero-order chi connectivity index (χ0) is 12.2. The number of aromatic nitrogens is 3. The van der Waals surface area contributed by atoms with E-state index in [0.29, 0.717) is 6.54 Å². The van der Waals surface area contributed by atoms with Gasteiger partial charge in [0.05, 0.1) is 12.6 Å². The number of aryl methyl sites for hydroxylation is 1. The highest BCUT2D eigenvalue weighted by Gasteiger charge is 2.28. The summed E-state index contributed by atoms with van der Waals surface area (Å²) in [4.78, 5) is 11.4. The summed E-state index contributed by atoms with van der Waals surface area (Å²) < 4.78 is 37.1. The Morgan fingerprint density at radius 2 is 2.19 bits per heavy atom. The van der Waals surface area contributed by atoms with Gasteiger partial charge in [-0.25, -0.2) is 4.68 Å². The van der Waals surface area contributed by atoms with Crippen molar-refractivity contribution in [2.75, 3.05) is 0 Å². The van der Waals surface area contributed by atoms with Crippen LogP contribution in [0.25, 0.3) is 0 Å². The van der Waals surface area contributed by atoms with E-state index in [1.807, 2.05) is 6.92 Å². The largest absolute Gasteiger partial charge is 0.389 e. The fourth-order valence-corrected chi connectivity index (χ4v) is 1.23. The van der Waals surface area contributed by atoms with E-state index in [-0.39, 0.29) is 5.69 Å². The Labute approximate surface area is 90.4 Å². The van der Waals surface area contributed by atoms with E-state index < -0.39 is 24.8 Å². The SMILES string of the molecule is CCCn1nncc1C(=O)CCC(F)(F)F. The summed E-state index contributed by atoms with van der Waals surface area (Å²) in [5.74, 6) is -0.573. The zero-order valence-corrected chi connectivity index (χ0v) is 8.79. The van der Waals surface area contributed by atoms with Crippen molar-refractivity contribution in [3.8, 4) is 0 Å². The highest BCUT2D eigenvalue weighted by molar-refractivity contribution is 5.94. The number of carbonyl (C=O) groups is 1. The number of carbonyl (C=O) groups excluding carboxylic acids is 1. The van der Waals surface area contributed by atoms with Crippen molar-refractivity contribution in [2.45, 2.75) is 38.9 Å². The third-order valence-electron chi connectivity index (χ3n) is 1.97. The van der Waals surface area contributed by atoms with Crippen molar-refractivity contribution in [3.63, 3.8) is 0 Å². The summed E-state index contributed by atoms with van der Waals surface area (Å²) in [6, 6.07) is 0. The number of hydrogen-bond donors (Lipinski definition) is 0. The molecule has 4 nitrogen and oxygen atoms in total. The Balaban J connectivity index is 2.62. The molecule has 0 bridgehead atoms. The van der Waals surface area contributed by atoms with Gasteiger partial charge in [-0.05, 0) is 6.42 Å². The minimum atomic E-state index is -4.31. The van der Waals surface area contributed by atoms with Crippen LogP contribution in [0.5, 0.6) is 0 Å². The second kappa shape index (κ2) is 5.09. The molecule has 1 heterocycles. The fourth-order valence-electron chi connectivity index (χ4n) is 1.23. The number of rotatable bonds is 5. The van der Waals surface area contributed by atoms with Gasteiger partial charge in [0.2, 0.25) is 0 Å². The summed E-state index contributed by atoms with van der Waals surface area (Å²) in [5, 5.41) is 7.15. The van der Waals surface area contributed by atoms with Gasteiger partial charge >= 0.3 is 6.18 Å². The Morgan fingerprint density at radius 3 is 2.75 bits per heavy atom. The molecule has 1 rings (SSSR count). The molecular formula is C9H12F3N3O. The van der Waals surface area contributed by atoms with Crippen LogP contribution in [0.4, 0.5) is 13.2 Å². The van der Waals surface area contributed by atoms with Gasteiger partial charge in [-0.1, -0.05) is 12.1 Å². The van der Waals surface area contributed by atoms with Gasteiger partial charge in [0, 0.05) is 13.0 Å². The molecule has 1 aromatic heterocycles. The number of ketones is 1. The molecular weight excluding hydrogens is 223 g/mol. The van der Waals surface area contributed by atoms with Gasteiger partial charge in [0.25, 0.3) is 0 Å². The minimum Gasteiger partial charge on any atom is -0.292 e. The monoisotopic (exact) mass is 235 g/mol. The molecule has 16 heavy (non-hydrogen) atoms. The van der Waals surface area contributed by atoms with E-state index >= 15 is 0 Å². The van der Waals surface area contributed by atoms with Crippen molar-refractivity contribution >= 4 is 5.78 Å². The van der Waals surface area contributed by atoms with Crippen LogP contribution < -0.4 is 0 Å². The summed E-state index contributed by atoms with van der Waals surface area (Å²) in [5.41, 5.74) is 0.145. The molecule has 0 spiro atoms. The van der Waals surface area contributed by atoms with E-state index in [1.165, 1.54) is 10.9 Å². The molecule has 0 fully saturated rings. The quantitative estimate of drug-likeness (QED) is 0.735. The maximum Gasteiger partial charge on any atom is 0.389 e. The summed E-state index contributed by atoms with van der Waals surface area (Å²) in [7, 11) is 0. The van der Waals surface area contributed by atoms with Crippen molar-refractivity contribution in [1.82, 2.24) is 15.0 Å². The molecule has 0 atom stereocenters. The lowest BCUT2D eigenvalue weighted by Crippen LogP contribution is -2.14. The van der Waals surface area contributed by atoms with Crippen molar-refractivity contribution in [1.29, 1.82) is 0 Å². The second-order valence-electron chi connectivity index (χ2n) is 3.38. The molecule has 0 aliphatic carbocycles. The van der Waals surface area contributed by atoms with E-state index in [0.717, 1.165) is 6.42 Å². The summed E-state index contributed by atoms with van der Waals surface area (Å²) in [6.07, 6.45) is -4.03. The molecule has 0 aromatic carbocycles. The van der Waals surface area contributed by atoms with Gasteiger partial charge in [-0.2, -0.15) is 13.2 Å². The molecule has 7 heteroatoms. The smallest absolute Gasteiger partial charge is 0.292 e. The minimum absolute atomic E-state index is 0.145. The predicted octanol–water partition coefficient (Wildman–Crippen LogP) is 2.21. The lowest BCUT2D eigenvalue weighted by atomic mass is 10.1. The lowest BCUT2D eigenvalue weighted by molar-refractivity contribution is -0.133. The predicted molar refractivity (Wildman–Crippen MR) is 49.9 cm³/mol. The number of nitrogens with zero attached hydrogens (tertiary/aromatic N) is 3. The first kappa shape index (κ1) is 12.7. The maximum atomic E-state index is 11.9. The third kappa shape index (κ3) is 3.63. The van der Waals surface area contributed by atoms with Crippen LogP contribution in [0.1, 0.15) is 36.7 Å². The van der Waals surface area contributed by atoms with Crippen LogP contribution in [0.3, 0.4) is 0 Å². The molecule has 0 saturated heterocycles. The molecule has 0 N–H and O–H groups in total. The van der Waals surface area contributed by atoms with E-state index in [1.54, 1.807) is 0 Å². The Hall–Kier alpha value is -1.40. The highest BCUT2D eigenvalue weighted by Crippen LogP contribution is 2.22. The number of hydrogen-bond acceptors (Lipinski definition) is 3. The first-order valence-electron chi connectivity index (χ1n) is 4.92. The molecule has 90 valence electrons. The second-order valence-corrected chi connectivity index (χ2v) is 3.38. The number of Topliss-reactive ketones (excluding diaryl/α,β-unsaturated/α-hetero) is 1. The molecule has 0 amide bonds. The topological polar surface area (TPSA) is 47.8 Å². The molecule has 1 aromatic rings. The van der Waals surface area contributed by atoms with Crippen molar-refractivity contribution in [3.05, 3.63) is 11.9 Å². The summed E-state index contributed by atoms with van der Waals surface area (Å²) >= 11 is 0. The number of alkyl halides is 3. The number of halogens is 3. The van der Waals surface area contributed by atoms with E-state index in [9.17, 15) is 18.0 Å². The Bertz CT molecular complexity index is 359. The van der Waals surface area contributed by atoms with Crippen molar-refractivity contribution < 1.29 is 18.0 Å². The third-order valence-corrected chi connectivity index (χ3v) is 1.97. The van der Waals surface area contributed by atoms with Gasteiger partial charge in [-0.15, -0.1) is 5.10 Å². The maximum absolute atomic E-state index is 11.9. The van der Waals surface area contributed by atoms with Crippen molar-refractivity contribution in [2.24, 2.45) is 0 Å². The van der Waals surface area contributed by atoms with Crippen LogP contribution >= 0.6 is 0 Å².